The van der Waals surface area contributed by atoms with Crippen molar-refractivity contribution in [2.24, 2.45) is 0 Å². The van der Waals surface area contributed by atoms with Crippen molar-refractivity contribution in [2.45, 2.75) is 12.8 Å². The zero-order valence-corrected chi connectivity index (χ0v) is 14.7. The van der Waals surface area contributed by atoms with Crippen molar-refractivity contribution in [2.75, 3.05) is 6.54 Å². The molecule has 2 aromatic carbocycles. The van der Waals surface area contributed by atoms with Crippen LogP contribution in [-0.4, -0.2) is 23.2 Å². The molecule has 0 atom stereocenters. The van der Waals surface area contributed by atoms with Crippen LogP contribution in [0.5, 0.6) is 0 Å². The summed E-state index contributed by atoms with van der Waals surface area (Å²) in [5.41, 5.74) is 2.13. The number of benzene rings is 2. The van der Waals surface area contributed by atoms with Crippen LogP contribution in [0.4, 0.5) is 4.39 Å². The van der Waals surface area contributed by atoms with Crippen LogP contribution in [0.3, 0.4) is 0 Å². The van der Waals surface area contributed by atoms with E-state index in [-0.39, 0.29) is 23.9 Å². The number of aromatic nitrogens is 1. The summed E-state index contributed by atoms with van der Waals surface area (Å²) in [7, 11) is 0. The Bertz CT molecular complexity index is 942. The largest absolute Gasteiger partial charge is 0.352 e. The maximum absolute atomic E-state index is 13.6. The highest BCUT2D eigenvalue weighted by Gasteiger charge is 2.11. The van der Waals surface area contributed by atoms with E-state index in [4.69, 9.17) is 0 Å². The lowest BCUT2D eigenvalue weighted by Gasteiger charge is -2.07. The minimum atomic E-state index is -0.280. The molecule has 4 nitrogen and oxygen atoms in total. The van der Waals surface area contributed by atoms with E-state index in [1.54, 1.807) is 54.6 Å². The van der Waals surface area contributed by atoms with Crippen molar-refractivity contribution in [1.82, 2.24) is 10.3 Å². The fourth-order valence-corrected chi connectivity index (χ4v) is 2.72. The highest BCUT2D eigenvalue weighted by Crippen LogP contribution is 2.09. The van der Waals surface area contributed by atoms with Gasteiger partial charge in [0.05, 0.1) is 6.42 Å². The first kappa shape index (κ1) is 18.5. The maximum Gasteiger partial charge on any atom is 0.251 e. The number of pyridine rings is 1. The van der Waals surface area contributed by atoms with Gasteiger partial charge < -0.3 is 5.32 Å². The Hall–Kier alpha value is -3.34. The molecular formula is C22H19FN2O2. The zero-order chi connectivity index (χ0) is 19.1. The van der Waals surface area contributed by atoms with Gasteiger partial charge in [-0.3, -0.25) is 14.6 Å². The SMILES string of the molecule is O=C(Cc1cc(C(=O)NCCc2ccccc2F)ccn1)c1ccccc1. The van der Waals surface area contributed by atoms with Gasteiger partial charge in [-0.05, 0) is 30.2 Å². The van der Waals surface area contributed by atoms with Crippen molar-refractivity contribution in [3.05, 3.63) is 101 Å². The van der Waals surface area contributed by atoms with Gasteiger partial charge in [0.2, 0.25) is 0 Å². The predicted octanol–water partition coefficient (Wildman–Crippen LogP) is 3.62. The summed E-state index contributed by atoms with van der Waals surface area (Å²) < 4.78 is 13.6. The van der Waals surface area contributed by atoms with E-state index >= 15 is 0 Å². The first-order valence-corrected chi connectivity index (χ1v) is 8.68. The molecule has 0 aliphatic carbocycles. The highest BCUT2D eigenvalue weighted by molar-refractivity contribution is 5.98. The van der Waals surface area contributed by atoms with Gasteiger partial charge in [0.25, 0.3) is 5.91 Å². The second-order valence-corrected chi connectivity index (χ2v) is 6.10. The highest BCUT2D eigenvalue weighted by atomic mass is 19.1. The Morgan fingerprint density at radius 3 is 2.44 bits per heavy atom. The van der Waals surface area contributed by atoms with Gasteiger partial charge in [-0.25, -0.2) is 4.39 Å². The van der Waals surface area contributed by atoms with Crippen LogP contribution in [0, 0.1) is 5.82 Å². The molecule has 5 heteroatoms. The Labute approximate surface area is 157 Å². The molecule has 0 fully saturated rings. The summed E-state index contributed by atoms with van der Waals surface area (Å²) in [5, 5.41) is 2.77. The predicted molar refractivity (Wildman–Crippen MR) is 101 cm³/mol. The van der Waals surface area contributed by atoms with Crippen molar-refractivity contribution >= 4 is 11.7 Å². The van der Waals surface area contributed by atoms with Crippen LogP contribution in [0.25, 0.3) is 0 Å². The van der Waals surface area contributed by atoms with Gasteiger partial charge in [0.1, 0.15) is 5.82 Å². The zero-order valence-electron chi connectivity index (χ0n) is 14.7. The van der Waals surface area contributed by atoms with Crippen LogP contribution < -0.4 is 5.32 Å². The molecule has 1 aromatic heterocycles. The van der Waals surface area contributed by atoms with Gasteiger partial charge in [0.15, 0.2) is 5.78 Å². The van der Waals surface area contributed by atoms with Gasteiger partial charge >= 0.3 is 0 Å². The number of nitrogens with zero attached hydrogens (tertiary/aromatic N) is 1. The lowest BCUT2D eigenvalue weighted by Crippen LogP contribution is -2.26. The van der Waals surface area contributed by atoms with Gasteiger partial charge in [0, 0.05) is 29.6 Å². The molecule has 0 aliphatic rings. The average Bonchev–Trinajstić information content (AvgIpc) is 2.70. The molecular weight excluding hydrogens is 343 g/mol. The molecule has 3 aromatic rings. The molecule has 0 aliphatic heterocycles. The minimum absolute atomic E-state index is 0.0554. The molecule has 0 spiro atoms. The number of hydrogen-bond acceptors (Lipinski definition) is 3. The third-order valence-corrected chi connectivity index (χ3v) is 4.15. The molecule has 3 rings (SSSR count). The summed E-state index contributed by atoms with van der Waals surface area (Å²) >= 11 is 0. The smallest absolute Gasteiger partial charge is 0.251 e. The Morgan fingerprint density at radius 2 is 1.67 bits per heavy atom. The number of halogens is 1. The van der Waals surface area contributed by atoms with Crippen molar-refractivity contribution < 1.29 is 14.0 Å². The number of ketones is 1. The van der Waals surface area contributed by atoms with Gasteiger partial charge in [-0.1, -0.05) is 48.5 Å². The molecule has 27 heavy (non-hydrogen) atoms. The van der Waals surface area contributed by atoms with E-state index in [0.29, 0.717) is 35.3 Å². The van der Waals surface area contributed by atoms with Gasteiger partial charge in [-0.15, -0.1) is 0 Å². The van der Waals surface area contributed by atoms with Crippen LogP contribution in [0.2, 0.25) is 0 Å². The molecule has 0 saturated heterocycles. The monoisotopic (exact) mass is 362 g/mol. The minimum Gasteiger partial charge on any atom is -0.352 e. The topological polar surface area (TPSA) is 59.1 Å². The number of nitrogens with one attached hydrogen (secondary N) is 1. The average molecular weight is 362 g/mol. The lowest BCUT2D eigenvalue weighted by atomic mass is 10.1. The van der Waals surface area contributed by atoms with E-state index in [2.05, 4.69) is 10.3 Å². The lowest BCUT2D eigenvalue weighted by molar-refractivity contribution is 0.0950. The number of rotatable bonds is 7. The molecule has 0 bridgehead atoms. The number of hydrogen-bond donors (Lipinski definition) is 1. The third-order valence-electron chi connectivity index (χ3n) is 4.15. The number of carbonyl (C=O) groups is 2. The van der Waals surface area contributed by atoms with E-state index in [0.717, 1.165) is 0 Å². The fourth-order valence-electron chi connectivity index (χ4n) is 2.72. The summed E-state index contributed by atoms with van der Waals surface area (Å²) in [6.45, 7) is 0.320. The van der Waals surface area contributed by atoms with E-state index in [1.807, 2.05) is 6.07 Å². The summed E-state index contributed by atoms with van der Waals surface area (Å²) in [5.74, 6) is -0.611. The molecule has 136 valence electrons. The van der Waals surface area contributed by atoms with Crippen LogP contribution in [0.1, 0.15) is 32.0 Å². The van der Waals surface area contributed by atoms with E-state index in [9.17, 15) is 14.0 Å². The molecule has 0 unspecified atom stereocenters. The maximum atomic E-state index is 13.6. The van der Waals surface area contributed by atoms with Crippen molar-refractivity contribution in [3.8, 4) is 0 Å². The van der Waals surface area contributed by atoms with E-state index < -0.39 is 0 Å². The second-order valence-electron chi connectivity index (χ2n) is 6.10. The van der Waals surface area contributed by atoms with Gasteiger partial charge in [-0.2, -0.15) is 0 Å². The molecule has 1 amide bonds. The fraction of sp³-hybridized carbons (Fsp3) is 0.136. The first-order valence-electron chi connectivity index (χ1n) is 8.68. The van der Waals surface area contributed by atoms with Crippen LogP contribution in [-0.2, 0) is 12.8 Å². The van der Waals surface area contributed by atoms with Crippen molar-refractivity contribution in [1.29, 1.82) is 0 Å². The Kier molecular flexibility index (Phi) is 6.05. The summed E-state index contributed by atoms with van der Waals surface area (Å²) in [6, 6.07) is 18.7. The molecule has 0 saturated carbocycles. The molecule has 0 radical (unpaired) electrons. The normalized spacial score (nSPS) is 10.4. The summed E-state index contributed by atoms with van der Waals surface area (Å²) in [6.07, 6.45) is 2.04. The number of carbonyl (C=O) groups excluding carboxylic acids is 2. The van der Waals surface area contributed by atoms with Crippen molar-refractivity contribution in [3.63, 3.8) is 0 Å². The Balaban J connectivity index is 1.58. The first-order chi connectivity index (χ1) is 13.1. The quantitative estimate of drug-likeness (QED) is 0.653. The van der Waals surface area contributed by atoms with Crippen LogP contribution in [0.15, 0.2) is 72.9 Å². The standard InChI is InChI=1S/C22H19FN2O2/c23-20-9-5-4-6-16(20)10-13-25-22(27)18-11-12-24-19(14-18)15-21(26)17-7-2-1-3-8-17/h1-9,11-12,14H,10,13,15H2,(H,25,27). The van der Waals surface area contributed by atoms with E-state index in [1.165, 1.54) is 12.3 Å². The molecule has 1 N–H and O–H groups in total. The summed E-state index contributed by atoms with van der Waals surface area (Å²) in [4.78, 5) is 28.8. The third kappa shape index (κ3) is 5.07. The number of amides is 1. The Morgan fingerprint density at radius 1 is 0.926 bits per heavy atom. The number of Topliss-reactive ketones (excluding diaryl/α,β-unsaturated/α-hetero) is 1. The second kappa shape index (κ2) is 8.85. The molecule has 1 heterocycles. The van der Waals surface area contributed by atoms with Crippen LogP contribution >= 0.6 is 0 Å².